The molecule has 0 aliphatic rings. The molecule has 0 heterocycles. The molecule has 5 nitrogen and oxygen atoms in total. The second-order valence-electron chi connectivity index (χ2n) is 5.74. The molecule has 1 atom stereocenters. The first-order valence-corrected chi connectivity index (χ1v) is 9.96. The Labute approximate surface area is 177 Å². The number of carbonyl (C=O) groups excluding carboxylic acids is 1. The van der Waals surface area contributed by atoms with E-state index < -0.39 is 0 Å². The van der Waals surface area contributed by atoms with Crippen molar-refractivity contribution in [3.63, 3.8) is 0 Å². The van der Waals surface area contributed by atoms with Gasteiger partial charge in [-0.05, 0) is 32.1 Å². The molecule has 0 aliphatic heterocycles. The van der Waals surface area contributed by atoms with E-state index in [1.807, 2.05) is 13.8 Å². The Bertz CT molecular complexity index is 192. The third-order valence-corrected chi connectivity index (χ3v) is 3.20. The van der Waals surface area contributed by atoms with Gasteiger partial charge in [0.15, 0.2) is 0 Å². The van der Waals surface area contributed by atoms with E-state index in [2.05, 4.69) is 20.8 Å². The maximum atomic E-state index is 11.0. The predicted octanol–water partition coefficient (Wildman–Crippen LogP) is 3.71. The molecule has 0 radical (unpaired) electrons. The zero-order chi connectivity index (χ0) is 20.3. The summed E-state index contributed by atoms with van der Waals surface area (Å²) in [5.74, 6) is 0.0902. The van der Waals surface area contributed by atoms with Gasteiger partial charge in [-0.3, -0.25) is 4.79 Å². The van der Waals surface area contributed by atoms with Crippen LogP contribution in [0.5, 0.6) is 0 Å². The summed E-state index contributed by atoms with van der Waals surface area (Å²) in [6, 6.07) is 0. The van der Waals surface area contributed by atoms with Gasteiger partial charge < -0.3 is 20.4 Å². The molecule has 0 bridgehead atoms. The van der Waals surface area contributed by atoms with Crippen molar-refractivity contribution in [1.82, 2.24) is 0 Å². The minimum Gasteiger partial charge on any atom is -0.396 e. The van der Waals surface area contributed by atoms with Gasteiger partial charge in [-0.1, -0.05) is 53.9 Å². The van der Waals surface area contributed by atoms with Crippen LogP contribution in [0.2, 0.25) is 0 Å². The number of aliphatic hydroxyl groups excluding tert-OH is 4. The van der Waals surface area contributed by atoms with E-state index >= 15 is 0 Å². The van der Waals surface area contributed by atoms with E-state index in [9.17, 15) is 4.79 Å². The average molecular weight is 414 g/mol. The van der Waals surface area contributed by atoms with Crippen molar-refractivity contribution in [2.45, 2.75) is 92.4 Å². The van der Waals surface area contributed by atoms with Crippen molar-refractivity contribution >= 4 is 5.78 Å². The molecule has 0 aromatic carbocycles. The Kier molecular flexibility index (Phi) is 57.1. The topological polar surface area (TPSA) is 98.0 Å². The number of carbonyl (C=O) groups is 1. The Morgan fingerprint density at radius 1 is 0.692 bits per heavy atom. The second kappa shape index (κ2) is 40.1. The van der Waals surface area contributed by atoms with Crippen LogP contribution in [0.15, 0.2) is 0 Å². The average Bonchev–Trinajstić information content (AvgIpc) is 2.60. The molecule has 1 unspecified atom stereocenters. The molecule has 0 spiro atoms. The quantitative estimate of drug-likeness (QED) is 0.387. The van der Waals surface area contributed by atoms with Crippen molar-refractivity contribution in [3.8, 4) is 0 Å². The molecule has 0 saturated carbocycles. The van der Waals surface area contributed by atoms with Gasteiger partial charge in [-0.15, -0.1) is 0 Å². The molecule has 26 heavy (non-hydrogen) atoms. The van der Waals surface area contributed by atoms with Gasteiger partial charge in [0.05, 0.1) is 6.61 Å². The fraction of sp³-hybridized carbons (Fsp3) is 0.950. The van der Waals surface area contributed by atoms with E-state index in [1.54, 1.807) is 0 Å². The summed E-state index contributed by atoms with van der Waals surface area (Å²) in [5, 5.41) is 32.9. The van der Waals surface area contributed by atoms with E-state index in [0.29, 0.717) is 26.2 Å². The molecule has 6 heteroatoms. The summed E-state index contributed by atoms with van der Waals surface area (Å²) in [5.41, 5.74) is 0. The number of rotatable bonds is 11. The second-order valence-corrected chi connectivity index (χ2v) is 5.74. The SMILES string of the molecule is CCCC(=O)C(CC)CO.CCCCO.CCCCO.CCCCO.[Ti]. The Balaban J connectivity index is -0.0000000794. The molecule has 0 fully saturated rings. The maximum absolute atomic E-state index is 11.0. The predicted molar refractivity (Wildman–Crippen MR) is 107 cm³/mol. The first-order valence-electron chi connectivity index (χ1n) is 9.96. The Hall–Kier alpha value is 0.224. The van der Waals surface area contributed by atoms with Crippen LogP contribution in [0.3, 0.4) is 0 Å². The molecule has 0 aromatic rings. The van der Waals surface area contributed by atoms with E-state index in [1.165, 1.54) is 0 Å². The van der Waals surface area contributed by atoms with Crippen LogP contribution >= 0.6 is 0 Å². The third-order valence-electron chi connectivity index (χ3n) is 3.20. The van der Waals surface area contributed by atoms with Crippen LogP contribution in [-0.2, 0) is 26.5 Å². The number of aliphatic hydroxyl groups is 4. The minimum atomic E-state index is -0.111. The van der Waals surface area contributed by atoms with Crippen molar-refractivity contribution in [2.24, 2.45) is 5.92 Å². The van der Waals surface area contributed by atoms with Crippen LogP contribution in [0.4, 0.5) is 0 Å². The first kappa shape index (κ1) is 37.0. The number of hydrogen-bond donors (Lipinski definition) is 4. The van der Waals surface area contributed by atoms with Crippen LogP contribution in [0.1, 0.15) is 92.4 Å². The van der Waals surface area contributed by atoms with Gasteiger partial charge in [0.25, 0.3) is 0 Å². The molecule has 4 N–H and O–H groups in total. The summed E-state index contributed by atoms with van der Waals surface area (Å²) in [4.78, 5) is 11.0. The molecule has 160 valence electrons. The van der Waals surface area contributed by atoms with Gasteiger partial charge in [-0.25, -0.2) is 0 Å². The number of unbranched alkanes of at least 4 members (excludes halogenated alkanes) is 3. The molecule has 0 amide bonds. The maximum Gasteiger partial charge on any atom is 0.138 e. The zero-order valence-electron chi connectivity index (χ0n) is 18.0. The molecular formula is C20H46O5Ti. The Morgan fingerprint density at radius 2 is 1.04 bits per heavy atom. The van der Waals surface area contributed by atoms with Gasteiger partial charge in [0.1, 0.15) is 5.78 Å². The molecule has 0 saturated heterocycles. The fourth-order valence-electron chi connectivity index (χ4n) is 1.38. The van der Waals surface area contributed by atoms with Gasteiger partial charge in [0, 0.05) is 53.9 Å². The van der Waals surface area contributed by atoms with Crippen LogP contribution in [-0.4, -0.2) is 52.6 Å². The summed E-state index contributed by atoms with van der Waals surface area (Å²) in [7, 11) is 0. The van der Waals surface area contributed by atoms with E-state index in [-0.39, 0.29) is 40.0 Å². The van der Waals surface area contributed by atoms with Crippen LogP contribution in [0.25, 0.3) is 0 Å². The monoisotopic (exact) mass is 414 g/mol. The largest absolute Gasteiger partial charge is 0.396 e. The van der Waals surface area contributed by atoms with Crippen molar-refractivity contribution in [2.75, 3.05) is 26.4 Å². The summed E-state index contributed by atoms with van der Waals surface area (Å²) in [6.45, 7) is 11.1. The summed E-state index contributed by atoms with van der Waals surface area (Å²) < 4.78 is 0. The minimum absolute atomic E-state index is 0. The smallest absolute Gasteiger partial charge is 0.138 e. The van der Waals surface area contributed by atoms with E-state index in [4.69, 9.17) is 20.4 Å². The van der Waals surface area contributed by atoms with Crippen molar-refractivity contribution in [3.05, 3.63) is 0 Å². The Morgan fingerprint density at radius 3 is 1.15 bits per heavy atom. The summed E-state index contributed by atoms with van der Waals surface area (Å²) >= 11 is 0. The van der Waals surface area contributed by atoms with Crippen molar-refractivity contribution in [1.29, 1.82) is 0 Å². The number of ketones is 1. The van der Waals surface area contributed by atoms with Gasteiger partial charge in [0.2, 0.25) is 0 Å². The molecular weight excluding hydrogens is 368 g/mol. The van der Waals surface area contributed by atoms with E-state index in [0.717, 1.165) is 51.4 Å². The molecule has 0 aromatic heterocycles. The summed E-state index contributed by atoms with van der Waals surface area (Å²) in [6.07, 6.45) is 8.37. The fourth-order valence-corrected chi connectivity index (χ4v) is 1.38. The third kappa shape index (κ3) is 44.0. The van der Waals surface area contributed by atoms with Gasteiger partial charge in [-0.2, -0.15) is 0 Å². The van der Waals surface area contributed by atoms with Gasteiger partial charge >= 0.3 is 0 Å². The van der Waals surface area contributed by atoms with Crippen LogP contribution < -0.4 is 0 Å². The van der Waals surface area contributed by atoms with Crippen LogP contribution in [0, 0.1) is 5.92 Å². The number of Topliss-reactive ketones (excluding diaryl/α,β-unsaturated/α-hetero) is 1. The first-order chi connectivity index (χ1) is 12.0. The molecule has 0 rings (SSSR count). The normalized spacial score (nSPS) is 9.88. The number of hydrogen-bond acceptors (Lipinski definition) is 5. The standard InChI is InChI=1S/C8H16O2.3C4H10O.Ti/c1-3-5-8(10)7(4-2)6-9;3*1-2-3-4-5;/h7,9H,3-6H2,1-2H3;3*5H,2-4H2,1H3;. The zero-order valence-corrected chi connectivity index (χ0v) is 19.5. The van der Waals surface area contributed by atoms with Crippen molar-refractivity contribution < 1.29 is 46.9 Å². The molecule has 0 aliphatic carbocycles.